The molecule has 0 aliphatic heterocycles. The topological polar surface area (TPSA) is 70.1 Å². The fraction of sp³-hybridized carbons (Fsp3) is 0.231. The van der Waals surface area contributed by atoms with E-state index in [1.54, 1.807) is 29.8 Å². The minimum atomic E-state index is -0.0377. The van der Waals surface area contributed by atoms with Crippen LogP contribution in [0.25, 0.3) is 0 Å². The van der Waals surface area contributed by atoms with Crippen molar-refractivity contribution in [1.82, 2.24) is 9.55 Å². The van der Waals surface area contributed by atoms with Gasteiger partial charge < -0.3 is 10.5 Å². The van der Waals surface area contributed by atoms with Crippen LogP contribution in [-0.4, -0.2) is 16.2 Å². The van der Waals surface area contributed by atoms with E-state index in [-0.39, 0.29) is 5.56 Å². The maximum absolute atomic E-state index is 11.9. The molecule has 0 fully saturated rings. The minimum absolute atomic E-state index is 0.0377. The van der Waals surface area contributed by atoms with Crippen molar-refractivity contribution in [2.45, 2.75) is 13.5 Å². The van der Waals surface area contributed by atoms with Crippen LogP contribution in [0.5, 0.6) is 5.75 Å². The number of nitrogens with zero attached hydrogens (tertiary/aromatic N) is 2. The molecule has 5 nitrogen and oxygen atoms in total. The summed E-state index contributed by atoms with van der Waals surface area (Å²) in [7, 11) is 0. The minimum Gasteiger partial charge on any atom is -0.492 e. The van der Waals surface area contributed by atoms with E-state index in [0.29, 0.717) is 34.0 Å². The second kappa shape index (κ2) is 6.05. The smallest absolute Gasteiger partial charge is 0.267 e. The van der Waals surface area contributed by atoms with Crippen molar-refractivity contribution in [2.75, 3.05) is 12.3 Å². The van der Waals surface area contributed by atoms with Gasteiger partial charge in [-0.25, -0.2) is 4.98 Å². The van der Waals surface area contributed by atoms with Gasteiger partial charge in [0, 0.05) is 18.0 Å². The van der Waals surface area contributed by atoms with E-state index in [4.69, 9.17) is 10.5 Å². The SMILES string of the molecule is Cc1ncc(I)c(=O)n1CCOc1cccc(N)c1. The van der Waals surface area contributed by atoms with Crippen LogP contribution in [0.1, 0.15) is 5.82 Å². The highest BCUT2D eigenvalue weighted by molar-refractivity contribution is 14.1. The molecular formula is C13H14IN3O2. The van der Waals surface area contributed by atoms with E-state index in [1.165, 1.54) is 0 Å². The Morgan fingerprint density at radius 2 is 2.26 bits per heavy atom. The van der Waals surface area contributed by atoms with Crippen LogP contribution in [-0.2, 0) is 6.54 Å². The summed E-state index contributed by atoms with van der Waals surface area (Å²) in [5, 5.41) is 0. The monoisotopic (exact) mass is 371 g/mol. The third-order valence-electron chi connectivity index (χ3n) is 2.65. The van der Waals surface area contributed by atoms with Gasteiger partial charge in [-0.05, 0) is 41.6 Å². The fourth-order valence-corrected chi connectivity index (χ4v) is 2.10. The Morgan fingerprint density at radius 1 is 1.47 bits per heavy atom. The molecule has 2 rings (SSSR count). The molecule has 1 aromatic heterocycles. The van der Waals surface area contributed by atoms with Crippen molar-refractivity contribution in [3.8, 4) is 5.75 Å². The number of aryl methyl sites for hydroxylation is 1. The van der Waals surface area contributed by atoms with E-state index in [0.717, 1.165) is 0 Å². The van der Waals surface area contributed by atoms with Gasteiger partial charge in [0.2, 0.25) is 0 Å². The summed E-state index contributed by atoms with van der Waals surface area (Å²) in [5.74, 6) is 1.38. The number of hydrogen-bond donors (Lipinski definition) is 1. The number of rotatable bonds is 4. The maximum atomic E-state index is 11.9. The third kappa shape index (κ3) is 3.46. The lowest BCUT2D eigenvalue weighted by Crippen LogP contribution is -2.27. The summed E-state index contributed by atoms with van der Waals surface area (Å²) in [6.07, 6.45) is 1.58. The largest absolute Gasteiger partial charge is 0.492 e. The predicted molar refractivity (Wildman–Crippen MR) is 82.3 cm³/mol. The average Bonchev–Trinajstić information content (AvgIpc) is 2.38. The zero-order valence-corrected chi connectivity index (χ0v) is 12.6. The lowest BCUT2D eigenvalue weighted by molar-refractivity contribution is 0.294. The standard InChI is InChI=1S/C13H14IN3O2/c1-9-16-8-12(14)13(18)17(9)5-6-19-11-4-2-3-10(15)7-11/h2-4,7-8H,5-6,15H2,1H3. The molecule has 0 unspecified atom stereocenters. The first-order valence-electron chi connectivity index (χ1n) is 5.78. The molecule has 0 saturated carbocycles. The van der Waals surface area contributed by atoms with Crippen LogP contribution in [0.2, 0.25) is 0 Å². The van der Waals surface area contributed by atoms with Crippen LogP contribution in [0.15, 0.2) is 35.3 Å². The molecule has 1 aromatic carbocycles. The van der Waals surface area contributed by atoms with Gasteiger partial charge in [0.1, 0.15) is 18.2 Å². The summed E-state index contributed by atoms with van der Waals surface area (Å²) < 4.78 is 7.78. The normalized spacial score (nSPS) is 10.4. The van der Waals surface area contributed by atoms with Crippen LogP contribution in [0.4, 0.5) is 5.69 Å². The first-order valence-corrected chi connectivity index (χ1v) is 6.86. The summed E-state index contributed by atoms with van der Waals surface area (Å²) in [6.45, 7) is 2.66. The van der Waals surface area contributed by atoms with Crippen molar-refractivity contribution < 1.29 is 4.74 Å². The van der Waals surface area contributed by atoms with Crippen molar-refractivity contribution in [3.63, 3.8) is 0 Å². The van der Waals surface area contributed by atoms with Crippen molar-refractivity contribution in [3.05, 3.63) is 50.2 Å². The number of aromatic nitrogens is 2. The van der Waals surface area contributed by atoms with Crippen molar-refractivity contribution in [1.29, 1.82) is 0 Å². The second-order valence-electron chi connectivity index (χ2n) is 4.03. The fourth-order valence-electron chi connectivity index (χ4n) is 1.67. The number of hydrogen-bond acceptors (Lipinski definition) is 4. The first kappa shape index (κ1) is 13.9. The van der Waals surface area contributed by atoms with E-state index in [2.05, 4.69) is 4.98 Å². The molecule has 0 radical (unpaired) electrons. The highest BCUT2D eigenvalue weighted by Crippen LogP contribution is 2.14. The molecule has 6 heteroatoms. The van der Waals surface area contributed by atoms with Gasteiger partial charge in [0.05, 0.1) is 10.1 Å². The zero-order chi connectivity index (χ0) is 13.8. The molecule has 0 aliphatic rings. The molecule has 2 N–H and O–H groups in total. The molecule has 1 heterocycles. The molecular weight excluding hydrogens is 357 g/mol. The van der Waals surface area contributed by atoms with Crippen LogP contribution in [0.3, 0.4) is 0 Å². The van der Waals surface area contributed by atoms with Gasteiger partial charge >= 0.3 is 0 Å². The molecule has 0 amide bonds. The number of anilines is 1. The van der Waals surface area contributed by atoms with E-state index in [9.17, 15) is 4.79 Å². The highest BCUT2D eigenvalue weighted by atomic mass is 127. The number of benzene rings is 1. The summed E-state index contributed by atoms with van der Waals surface area (Å²) in [4.78, 5) is 16.1. The van der Waals surface area contributed by atoms with Gasteiger partial charge in [0.15, 0.2) is 0 Å². The van der Waals surface area contributed by atoms with E-state index in [1.807, 2.05) is 34.7 Å². The number of halogens is 1. The molecule has 0 atom stereocenters. The van der Waals surface area contributed by atoms with E-state index >= 15 is 0 Å². The molecule has 0 spiro atoms. The van der Waals surface area contributed by atoms with Crippen LogP contribution < -0.4 is 16.0 Å². The maximum Gasteiger partial charge on any atom is 0.267 e. The molecule has 19 heavy (non-hydrogen) atoms. The lowest BCUT2D eigenvalue weighted by Gasteiger charge is -2.11. The van der Waals surface area contributed by atoms with Gasteiger partial charge in [0.25, 0.3) is 5.56 Å². The van der Waals surface area contributed by atoms with Crippen molar-refractivity contribution in [2.24, 2.45) is 0 Å². The number of nitrogens with two attached hydrogens (primary N) is 1. The molecule has 0 saturated heterocycles. The highest BCUT2D eigenvalue weighted by Gasteiger charge is 2.05. The second-order valence-corrected chi connectivity index (χ2v) is 5.19. The molecule has 2 aromatic rings. The van der Waals surface area contributed by atoms with Gasteiger partial charge in [-0.1, -0.05) is 6.07 Å². The molecule has 0 aliphatic carbocycles. The average molecular weight is 371 g/mol. The Hall–Kier alpha value is -1.57. The predicted octanol–water partition coefficient (Wildman–Crippen LogP) is 1.82. The number of nitrogen functional groups attached to an aromatic ring is 1. The molecule has 100 valence electrons. The number of ether oxygens (including phenoxy) is 1. The lowest BCUT2D eigenvalue weighted by atomic mass is 10.3. The van der Waals surface area contributed by atoms with Gasteiger partial charge in [-0.15, -0.1) is 0 Å². The Balaban J connectivity index is 2.04. The van der Waals surface area contributed by atoms with Crippen LogP contribution in [0, 0.1) is 10.5 Å². The Kier molecular flexibility index (Phi) is 4.41. The van der Waals surface area contributed by atoms with Gasteiger partial charge in [-0.2, -0.15) is 0 Å². The van der Waals surface area contributed by atoms with Crippen LogP contribution >= 0.6 is 22.6 Å². The zero-order valence-electron chi connectivity index (χ0n) is 10.5. The first-order chi connectivity index (χ1) is 9.08. The quantitative estimate of drug-likeness (QED) is 0.658. The summed E-state index contributed by atoms with van der Waals surface area (Å²) in [6, 6.07) is 7.21. The van der Waals surface area contributed by atoms with E-state index < -0.39 is 0 Å². The van der Waals surface area contributed by atoms with Crippen molar-refractivity contribution >= 4 is 28.3 Å². The molecule has 0 bridgehead atoms. The summed E-state index contributed by atoms with van der Waals surface area (Å²) >= 11 is 1.98. The summed E-state index contributed by atoms with van der Waals surface area (Å²) in [5.41, 5.74) is 6.28. The third-order valence-corrected chi connectivity index (χ3v) is 3.39. The van der Waals surface area contributed by atoms with Gasteiger partial charge in [-0.3, -0.25) is 9.36 Å². The Bertz CT molecular complexity index is 640. The Morgan fingerprint density at radius 3 is 3.00 bits per heavy atom. The Labute approximate surface area is 124 Å².